The number of aromatic hydroxyl groups is 1. The highest BCUT2D eigenvalue weighted by Gasteiger charge is 2.11. The van der Waals surface area contributed by atoms with Crippen molar-refractivity contribution in [1.29, 1.82) is 0 Å². The first kappa shape index (κ1) is 15.3. The average molecular weight is 305 g/mol. The van der Waals surface area contributed by atoms with E-state index in [1.807, 2.05) is 19.1 Å². The van der Waals surface area contributed by atoms with Crippen LogP contribution in [-0.4, -0.2) is 22.0 Å². The topological polar surface area (TPSA) is 62.2 Å². The van der Waals surface area contributed by atoms with Gasteiger partial charge in [-0.15, -0.1) is 0 Å². The van der Waals surface area contributed by atoms with Crippen molar-refractivity contribution in [2.24, 2.45) is 0 Å². The van der Waals surface area contributed by atoms with E-state index >= 15 is 0 Å². The van der Waals surface area contributed by atoms with E-state index in [0.717, 1.165) is 18.4 Å². The van der Waals surface area contributed by atoms with Crippen LogP contribution in [0.4, 0.5) is 0 Å². The number of halogens is 1. The molecule has 1 amide bonds. The number of hydrogen-bond donors (Lipinski definition) is 2. The van der Waals surface area contributed by atoms with Crippen molar-refractivity contribution in [2.45, 2.75) is 25.8 Å². The molecule has 1 atom stereocenters. The number of amides is 1. The van der Waals surface area contributed by atoms with Crippen LogP contribution in [0.1, 0.15) is 29.4 Å². The molecule has 1 heterocycles. The summed E-state index contributed by atoms with van der Waals surface area (Å²) in [6.45, 7) is 1.95. The average Bonchev–Trinajstić information content (AvgIpc) is 2.46. The number of aryl methyl sites for hydroxylation is 1. The van der Waals surface area contributed by atoms with Crippen molar-refractivity contribution in [3.05, 3.63) is 58.9 Å². The molecule has 1 unspecified atom stereocenters. The van der Waals surface area contributed by atoms with Gasteiger partial charge in [0.1, 0.15) is 16.6 Å². The lowest BCUT2D eigenvalue weighted by Crippen LogP contribution is -2.33. The lowest BCUT2D eigenvalue weighted by molar-refractivity contribution is 0.0933. The summed E-state index contributed by atoms with van der Waals surface area (Å²) in [4.78, 5) is 16.0. The van der Waals surface area contributed by atoms with Crippen molar-refractivity contribution >= 4 is 17.5 Å². The largest absolute Gasteiger partial charge is 0.508 e. The van der Waals surface area contributed by atoms with Crippen LogP contribution in [0.5, 0.6) is 5.75 Å². The van der Waals surface area contributed by atoms with E-state index in [0.29, 0.717) is 10.8 Å². The molecular weight excluding hydrogens is 288 g/mol. The molecule has 2 aromatic rings. The van der Waals surface area contributed by atoms with Gasteiger partial charge in [-0.1, -0.05) is 29.8 Å². The Morgan fingerprint density at radius 1 is 1.29 bits per heavy atom. The normalized spacial score (nSPS) is 11.9. The van der Waals surface area contributed by atoms with Gasteiger partial charge < -0.3 is 10.4 Å². The van der Waals surface area contributed by atoms with E-state index in [1.165, 1.54) is 0 Å². The predicted molar refractivity (Wildman–Crippen MR) is 82.6 cm³/mol. The minimum absolute atomic E-state index is 0.0204. The Balaban J connectivity index is 1.85. The molecule has 1 aromatic carbocycles. The third-order valence-electron chi connectivity index (χ3n) is 3.13. The smallest absolute Gasteiger partial charge is 0.270 e. The maximum Gasteiger partial charge on any atom is 0.270 e. The Kier molecular flexibility index (Phi) is 5.17. The number of carbonyl (C=O) groups excluding carboxylic acids is 1. The fourth-order valence-electron chi connectivity index (χ4n) is 1.95. The Labute approximate surface area is 128 Å². The first-order chi connectivity index (χ1) is 10.0. The molecule has 21 heavy (non-hydrogen) atoms. The highest BCUT2D eigenvalue weighted by Crippen LogP contribution is 2.12. The molecule has 2 N–H and O–H groups in total. The molecule has 0 saturated heterocycles. The minimum Gasteiger partial charge on any atom is -0.508 e. The quantitative estimate of drug-likeness (QED) is 0.834. The number of nitrogens with one attached hydrogen (secondary N) is 1. The van der Waals surface area contributed by atoms with Gasteiger partial charge in [-0.25, -0.2) is 4.98 Å². The molecule has 1 aromatic heterocycles. The number of benzene rings is 1. The second kappa shape index (κ2) is 7.09. The number of carbonyl (C=O) groups is 1. The van der Waals surface area contributed by atoms with E-state index in [9.17, 15) is 9.90 Å². The number of aromatic nitrogens is 1. The van der Waals surface area contributed by atoms with Crippen molar-refractivity contribution < 1.29 is 9.90 Å². The first-order valence-electron chi connectivity index (χ1n) is 6.76. The summed E-state index contributed by atoms with van der Waals surface area (Å²) in [6.07, 6.45) is 1.63. The summed E-state index contributed by atoms with van der Waals surface area (Å²) < 4.78 is 0. The number of hydrogen-bond acceptors (Lipinski definition) is 3. The van der Waals surface area contributed by atoms with Crippen molar-refractivity contribution in [3.63, 3.8) is 0 Å². The van der Waals surface area contributed by atoms with Gasteiger partial charge in [-0.2, -0.15) is 0 Å². The van der Waals surface area contributed by atoms with Gasteiger partial charge in [0.05, 0.1) is 0 Å². The van der Waals surface area contributed by atoms with E-state index in [4.69, 9.17) is 11.6 Å². The molecule has 5 heteroatoms. The van der Waals surface area contributed by atoms with Crippen LogP contribution in [0, 0.1) is 0 Å². The predicted octanol–water partition coefficient (Wildman–Crippen LogP) is 3.19. The molecule has 0 aliphatic rings. The molecule has 0 bridgehead atoms. The van der Waals surface area contributed by atoms with Crippen LogP contribution in [0.3, 0.4) is 0 Å². The van der Waals surface area contributed by atoms with Crippen LogP contribution in [0.25, 0.3) is 0 Å². The van der Waals surface area contributed by atoms with Gasteiger partial charge >= 0.3 is 0 Å². The molecule has 4 nitrogen and oxygen atoms in total. The summed E-state index contributed by atoms with van der Waals surface area (Å²) in [5.74, 6) is 0.0304. The molecule has 0 aliphatic carbocycles. The molecule has 0 fully saturated rings. The Morgan fingerprint density at radius 3 is 2.67 bits per heavy atom. The summed E-state index contributed by atoms with van der Waals surface area (Å²) in [5.41, 5.74) is 1.44. The van der Waals surface area contributed by atoms with Crippen LogP contribution in [0.2, 0.25) is 5.15 Å². The molecule has 0 saturated carbocycles. The second-order valence-electron chi connectivity index (χ2n) is 4.93. The van der Waals surface area contributed by atoms with E-state index < -0.39 is 0 Å². The maximum absolute atomic E-state index is 12.0. The van der Waals surface area contributed by atoms with Gasteiger partial charge in [0.15, 0.2) is 0 Å². The second-order valence-corrected chi connectivity index (χ2v) is 5.31. The third-order valence-corrected chi connectivity index (χ3v) is 3.34. The summed E-state index contributed by atoms with van der Waals surface area (Å²) in [7, 11) is 0. The van der Waals surface area contributed by atoms with Gasteiger partial charge in [0.2, 0.25) is 0 Å². The van der Waals surface area contributed by atoms with Gasteiger partial charge in [0.25, 0.3) is 5.91 Å². The Bertz CT molecular complexity index is 614. The van der Waals surface area contributed by atoms with Crippen molar-refractivity contribution in [3.8, 4) is 5.75 Å². The highest BCUT2D eigenvalue weighted by molar-refractivity contribution is 6.29. The monoisotopic (exact) mass is 304 g/mol. The van der Waals surface area contributed by atoms with Gasteiger partial charge in [-0.05, 0) is 49.6 Å². The summed E-state index contributed by atoms with van der Waals surface area (Å²) in [5, 5.41) is 12.4. The number of phenols is 1. The Morgan fingerprint density at radius 2 is 2.00 bits per heavy atom. The van der Waals surface area contributed by atoms with E-state index in [2.05, 4.69) is 10.3 Å². The molecule has 0 aliphatic heterocycles. The minimum atomic E-state index is -0.226. The summed E-state index contributed by atoms with van der Waals surface area (Å²) in [6, 6.07) is 12.1. The molecule has 2 rings (SSSR count). The lowest BCUT2D eigenvalue weighted by atomic mass is 10.1. The number of nitrogens with zero attached hydrogens (tertiary/aromatic N) is 1. The fourth-order valence-corrected chi connectivity index (χ4v) is 2.11. The number of phenolic OH excluding ortho intramolecular Hbond substituents is 1. The zero-order valence-corrected chi connectivity index (χ0v) is 12.5. The van der Waals surface area contributed by atoms with Crippen molar-refractivity contribution in [1.82, 2.24) is 10.3 Å². The molecule has 110 valence electrons. The van der Waals surface area contributed by atoms with Crippen LogP contribution >= 0.6 is 11.6 Å². The third kappa shape index (κ3) is 4.76. The SMILES string of the molecule is CC(CCc1ccc(O)cc1)NC(=O)c1cccc(Cl)n1. The lowest BCUT2D eigenvalue weighted by Gasteiger charge is -2.13. The first-order valence-corrected chi connectivity index (χ1v) is 7.14. The molecular formula is C16H17ClN2O2. The molecule has 0 radical (unpaired) electrons. The number of pyridine rings is 1. The fraction of sp³-hybridized carbons (Fsp3) is 0.250. The van der Waals surface area contributed by atoms with Gasteiger partial charge in [0, 0.05) is 6.04 Å². The summed E-state index contributed by atoms with van der Waals surface area (Å²) >= 11 is 5.77. The maximum atomic E-state index is 12.0. The molecule has 0 spiro atoms. The highest BCUT2D eigenvalue weighted by atomic mass is 35.5. The zero-order valence-electron chi connectivity index (χ0n) is 11.7. The number of rotatable bonds is 5. The van der Waals surface area contributed by atoms with E-state index in [-0.39, 0.29) is 17.7 Å². The van der Waals surface area contributed by atoms with Crippen LogP contribution in [-0.2, 0) is 6.42 Å². The standard InChI is InChI=1S/C16H17ClN2O2/c1-11(5-6-12-7-9-13(20)10-8-12)18-16(21)14-3-2-4-15(17)19-14/h2-4,7-11,20H,5-6H2,1H3,(H,18,21). The van der Waals surface area contributed by atoms with Crippen molar-refractivity contribution in [2.75, 3.05) is 0 Å². The van der Waals surface area contributed by atoms with Crippen LogP contribution < -0.4 is 5.32 Å². The van der Waals surface area contributed by atoms with Gasteiger partial charge in [-0.3, -0.25) is 4.79 Å². The Hall–Kier alpha value is -2.07. The van der Waals surface area contributed by atoms with Crippen LogP contribution in [0.15, 0.2) is 42.5 Å². The van der Waals surface area contributed by atoms with E-state index in [1.54, 1.807) is 30.3 Å². The zero-order chi connectivity index (χ0) is 15.2.